The lowest BCUT2D eigenvalue weighted by Crippen LogP contribution is -2.39. The highest BCUT2D eigenvalue weighted by Crippen LogP contribution is 2.10. The molecule has 0 saturated carbocycles. The van der Waals surface area contributed by atoms with Crippen molar-refractivity contribution >= 4 is 11.3 Å². The van der Waals surface area contributed by atoms with Crippen LogP contribution in [0.25, 0.3) is 0 Å². The van der Waals surface area contributed by atoms with Crippen LogP contribution in [0.4, 0.5) is 0 Å². The van der Waals surface area contributed by atoms with Crippen molar-refractivity contribution in [2.45, 2.75) is 39.2 Å². The normalized spacial score (nSPS) is 11.9. The predicted octanol–water partition coefficient (Wildman–Crippen LogP) is 3.07. The van der Waals surface area contributed by atoms with Crippen molar-refractivity contribution in [1.82, 2.24) is 5.32 Å². The Labute approximate surface area is 85.2 Å². The van der Waals surface area contributed by atoms with Gasteiger partial charge < -0.3 is 5.32 Å². The summed E-state index contributed by atoms with van der Waals surface area (Å²) in [6.07, 6.45) is 2.33. The van der Waals surface area contributed by atoms with E-state index in [1.54, 1.807) is 0 Å². The first-order chi connectivity index (χ1) is 6.14. The average Bonchev–Trinajstić information content (AvgIpc) is 2.57. The first kappa shape index (κ1) is 10.7. The van der Waals surface area contributed by atoms with Crippen LogP contribution in [0.15, 0.2) is 17.5 Å². The van der Waals surface area contributed by atoms with Gasteiger partial charge in [0.25, 0.3) is 0 Å². The summed E-state index contributed by atoms with van der Waals surface area (Å²) in [5.41, 5.74) is 0.289. The van der Waals surface area contributed by atoms with Crippen LogP contribution in [0.5, 0.6) is 0 Å². The van der Waals surface area contributed by atoms with E-state index in [2.05, 4.69) is 43.6 Å². The molecule has 1 nitrogen and oxygen atoms in total. The van der Waals surface area contributed by atoms with Crippen LogP contribution in [0.1, 0.15) is 32.1 Å². The minimum Gasteiger partial charge on any atom is -0.311 e. The molecule has 0 aliphatic carbocycles. The van der Waals surface area contributed by atoms with Crippen molar-refractivity contribution < 1.29 is 0 Å². The van der Waals surface area contributed by atoms with E-state index in [1.807, 2.05) is 11.3 Å². The predicted molar refractivity (Wildman–Crippen MR) is 60.4 cm³/mol. The molecule has 1 aromatic heterocycles. The molecule has 1 rings (SSSR count). The van der Waals surface area contributed by atoms with E-state index in [0.717, 1.165) is 13.0 Å². The molecule has 2 heteroatoms. The van der Waals surface area contributed by atoms with Crippen LogP contribution >= 0.6 is 11.3 Å². The number of thiophene rings is 1. The molecule has 0 aliphatic rings. The standard InChI is InChI=1S/C11H19NS/c1-4-11(2,3)12-8-7-10-6-5-9-13-10/h5-6,9,12H,4,7-8H2,1-3H3. The average molecular weight is 197 g/mol. The molecule has 13 heavy (non-hydrogen) atoms. The fourth-order valence-electron chi connectivity index (χ4n) is 1.10. The highest BCUT2D eigenvalue weighted by Gasteiger charge is 2.12. The summed E-state index contributed by atoms with van der Waals surface area (Å²) in [6, 6.07) is 4.32. The van der Waals surface area contributed by atoms with Crippen LogP contribution in [0, 0.1) is 0 Å². The fourth-order valence-corrected chi connectivity index (χ4v) is 1.81. The lowest BCUT2D eigenvalue weighted by atomic mass is 10.0. The summed E-state index contributed by atoms with van der Waals surface area (Å²) in [5, 5.41) is 5.69. The molecule has 0 aromatic carbocycles. The van der Waals surface area contributed by atoms with E-state index < -0.39 is 0 Å². The van der Waals surface area contributed by atoms with Crippen molar-refractivity contribution in [3.63, 3.8) is 0 Å². The zero-order valence-corrected chi connectivity index (χ0v) is 9.58. The van der Waals surface area contributed by atoms with Gasteiger partial charge in [-0.3, -0.25) is 0 Å². The maximum atomic E-state index is 3.55. The van der Waals surface area contributed by atoms with E-state index in [0.29, 0.717) is 0 Å². The Morgan fingerprint density at radius 2 is 2.23 bits per heavy atom. The zero-order chi connectivity index (χ0) is 9.73. The van der Waals surface area contributed by atoms with Crippen molar-refractivity contribution in [3.05, 3.63) is 22.4 Å². The first-order valence-corrected chi connectivity index (χ1v) is 5.79. The molecule has 0 aliphatic heterocycles. The van der Waals surface area contributed by atoms with Crippen molar-refractivity contribution in [1.29, 1.82) is 0 Å². The Bertz CT molecular complexity index is 226. The number of nitrogens with one attached hydrogen (secondary N) is 1. The van der Waals surface area contributed by atoms with Gasteiger partial charge in [-0.1, -0.05) is 13.0 Å². The Morgan fingerprint density at radius 3 is 2.77 bits per heavy atom. The molecule has 0 fully saturated rings. The van der Waals surface area contributed by atoms with E-state index in [9.17, 15) is 0 Å². The third-order valence-electron chi connectivity index (χ3n) is 2.44. The SMILES string of the molecule is CCC(C)(C)NCCc1cccs1. The minimum absolute atomic E-state index is 0.289. The number of rotatable bonds is 5. The molecule has 0 unspecified atom stereocenters. The van der Waals surface area contributed by atoms with Gasteiger partial charge in [0.2, 0.25) is 0 Å². The van der Waals surface area contributed by atoms with E-state index in [-0.39, 0.29) is 5.54 Å². The summed E-state index contributed by atoms with van der Waals surface area (Å²) in [7, 11) is 0. The van der Waals surface area contributed by atoms with Gasteiger partial charge in [-0.05, 0) is 38.1 Å². The van der Waals surface area contributed by atoms with Crippen molar-refractivity contribution in [2.75, 3.05) is 6.54 Å². The second-order valence-electron chi connectivity index (χ2n) is 3.99. The van der Waals surface area contributed by atoms with Crippen LogP contribution in [-0.4, -0.2) is 12.1 Å². The summed E-state index contributed by atoms with van der Waals surface area (Å²) in [4.78, 5) is 1.47. The molecule has 1 heterocycles. The van der Waals surface area contributed by atoms with Gasteiger partial charge in [0.05, 0.1) is 0 Å². The van der Waals surface area contributed by atoms with E-state index in [1.165, 1.54) is 11.3 Å². The monoisotopic (exact) mass is 197 g/mol. The van der Waals surface area contributed by atoms with Crippen LogP contribution in [0.2, 0.25) is 0 Å². The Morgan fingerprint density at radius 1 is 1.46 bits per heavy atom. The third-order valence-corrected chi connectivity index (χ3v) is 3.38. The Hall–Kier alpha value is -0.340. The van der Waals surface area contributed by atoms with Crippen molar-refractivity contribution in [2.24, 2.45) is 0 Å². The molecule has 0 saturated heterocycles. The smallest absolute Gasteiger partial charge is 0.0122 e. The third kappa shape index (κ3) is 3.92. The van der Waals surface area contributed by atoms with Gasteiger partial charge >= 0.3 is 0 Å². The second-order valence-corrected chi connectivity index (χ2v) is 5.03. The lowest BCUT2D eigenvalue weighted by molar-refractivity contribution is 0.380. The highest BCUT2D eigenvalue weighted by molar-refractivity contribution is 7.09. The number of hydrogen-bond donors (Lipinski definition) is 1. The van der Waals surface area contributed by atoms with Gasteiger partial charge in [0.15, 0.2) is 0 Å². The van der Waals surface area contributed by atoms with Gasteiger partial charge in [-0.25, -0.2) is 0 Å². The minimum atomic E-state index is 0.289. The molecular weight excluding hydrogens is 178 g/mol. The summed E-state index contributed by atoms with van der Waals surface area (Å²) >= 11 is 1.84. The van der Waals surface area contributed by atoms with Crippen LogP contribution in [-0.2, 0) is 6.42 Å². The fraction of sp³-hybridized carbons (Fsp3) is 0.636. The summed E-state index contributed by atoms with van der Waals surface area (Å²) in [5.74, 6) is 0. The highest BCUT2D eigenvalue weighted by atomic mass is 32.1. The lowest BCUT2D eigenvalue weighted by Gasteiger charge is -2.24. The summed E-state index contributed by atoms with van der Waals surface area (Å²) < 4.78 is 0. The quantitative estimate of drug-likeness (QED) is 0.765. The van der Waals surface area contributed by atoms with Gasteiger partial charge in [0.1, 0.15) is 0 Å². The maximum absolute atomic E-state index is 3.55. The molecular formula is C11H19NS. The Kier molecular flexibility index (Phi) is 3.94. The van der Waals surface area contributed by atoms with Crippen LogP contribution < -0.4 is 5.32 Å². The topological polar surface area (TPSA) is 12.0 Å². The largest absolute Gasteiger partial charge is 0.311 e. The first-order valence-electron chi connectivity index (χ1n) is 4.91. The van der Waals surface area contributed by atoms with Crippen LogP contribution in [0.3, 0.4) is 0 Å². The molecule has 1 N–H and O–H groups in total. The van der Waals surface area contributed by atoms with E-state index in [4.69, 9.17) is 0 Å². The second kappa shape index (κ2) is 4.77. The zero-order valence-electron chi connectivity index (χ0n) is 8.76. The molecule has 1 aromatic rings. The van der Waals surface area contributed by atoms with Gasteiger partial charge in [-0.2, -0.15) is 0 Å². The molecule has 0 spiro atoms. The molecule has 0 atom stereocenters. The van der Waals surface area contributed by atoms with E-state index >= 15 is 0 Å². The molecule has 0 radical (unpaired) electrons. The molecule has 74 valence electrons. The van der Waals surface area contributed by atoms with Gasteiger partial charge in [0, 0.05) is 17.0 Å². The maximum Gasteiger partial charge on any atom is 0.0122 e. The molecule has 0 bridgehead atoms. The van der Waals surface area contributed by atoms with Gasteiger partial charge in [-0.15, -0.1) is 11.3 Å². The summed E-state index contributed by atoms with van der Waals surface area (Å²) in [6.45, 7) is 7.81. The molecule has 0 amide bonds. The Balaban J connectivity index is 2.21. The number of hydrogen-bond acceptors (Lipinski definition) is 2. The van der Waals surface area contributed by atoms with Crippen molar-refractivity contribution in [3.8, 4) is 0 Å².